The van der Waals surface area contributed by atoms with Crippen LogP contribution in [0, 0.1) is 0 Å². The number of hydrogen-bond acceptors (Lipinski definition) is 14. The third-order valence-electron chi connectivity index (χ3n) is 12.2. The molecule has 1 aliphatic heterocycles. The Hall–Kier alpha value is -6.50. The number of aliphatic hydroxyl groups excluding tert-OH is 3. The van der Waals surface area contributed by atoms with Crippen molar-refractivity contribution in [3.63, 3.8) is 0 Å². The van der Waals surface area contributed by atoms with Gasteiger partial charge in [-0.3, -0.25) is 38.4 Å². The minimum Gasteiger partial charge on any atom is -0.394 e. The number of hydrogen-bond donors (Lipinski definition) is 13. The molecule has 5 rings (SSSR count). The average Bonchev–Trinajstić information content (AvgIpc) is 3.78. The van der Waals surface area contributed by atoms with Crippen LogP contribution >= 0.6 is 21.6 Å². The molecule has 21 nitrogen and oxygen atoms in total. The van der Waals surface area contributed by atoms with Gasteiger partial charge in [-0.25, -0.2) is 0 Å². The van der Waals surface area contributed by atoms with Crippen LogP contribution in [0.5, 0.6) is 0 Å². The molecular formula is C51H68N10O11S2. The van der Waals surface area contributed by atoms with Crippen molar-refractivity contribution in [3.8, 4) is 0 Å². The Morgan fingerprint density at radius 3 is 1.93 bits per heavy atom. The fourth-order valence-electron chi connectivity index (χ4n) is 8.06. The molecule has 0 saturated carbocycles. The van der Waals surface area contributed by atoms with Crippen LogP contribution in [-0.2, 0) is 57.6 Å². The molecular weight excluding hydrogens is 993 g/mol. The Bertz CT molecular complexity index is 2520. The van der Waals surface area contributed by atoms with Crippen LogP contribution in [0.25, 0.3) is 10.9 Å². The van der Waals surface area contributed by atoms with Crippen molar-refractivity contribution in [1.29, 1.82) is 0 Å². The molecule has 1 saturated heterocycles. The highest BCUT2D eigenvalue weighted by Crippen LogP contribution is 2.24. The predicted octanol–water partition coefficient (Wildman–Crippen LogP) is -0.628. The average molecular weight is 1060 g/mol. The van der Waals surface area contributed by atoms with Gasteiger partial charge in [0.05, 0.1) is 24.9 Å². The van der Waals surface area contributed by atoms with E-state index in [2.05, 4.69) is 47.5 Å². The largest absolute Gasteiger partial charge is 0.394 e. The number of amides is 8. The first kappa shape index (κ1) is 58.4. The lowest BCUT2D eigenvalue weighted by Gasteiger charge is -2.29. The molecule has 3 aromatic carbocycles. The number of carbonyl (C=O) groups is 8. The van der Waals surface area contributed by atoms with Gasteiger partial charge in [0.15, 0.2) is 0 Å². The number of rotatable bonds is 18. The Labute approximate surface area is 437 Å². The number of aliphatic hydroxyl groups is 3. The van der Waals surface area contributed by atoms with Crippen molar-refractivity contribution in [1.82, 2.24) is 47.5 Å². The van der Waals surface area contributed by atoms with E-state index in [1.807, 2.05) is 24.3 Å². The van der Waals surface area contributed by atoms with Crippen LogP contribution in [0.4, 0.5) is 0 Å². The smallest absolute Gasteiger partial charge is 0.245 e. The van der Waals surface area contributed by atoms with E-state index in [-0.39, 0.29) is 43.7 Å². The number of nitrogens with two attached hydrogens (primary N) is 1. The minimum atomic E-state index is -1.68. The van der Waals surface area contributed by atoms with Crippen LogP contribution in [-0.4, -0.2) is 153 Å². The fourth-order valence-corrected chi connectivity index (χ4v) is 10.4. The zero-order valence-electron chi connectivity index (χ0n) is 41.5. The summed E-state index contributed by atoms with van der Waals surface area (Å²) in [5.74, 6) is -6.82. The molecule has 1 fully saturated rings. The summed E-state index contributed by atoms with van der Waals surface area (Å²) in [5.41, 5.74) is 8.52. The Morgan fingerprint density at radius 1 is 0.703 bits per heavy atom. The number of para-hydroxylation sites is 1. The fraction of sp³-hybridized carbons (Fsp3) is 0.451. The third kappa shape index (κ3) is 17.9. The molecule has 23 heteroatoms. The number of H-pyrrole nitrogens is 1. The van der Waals surface area contributed by atoms with Gasteiger partial charge in [0, 0.05) is 54.8 Å². The molecule has 0 radical (unpaired) electrons. The Balaban J connectivity index is 1.59. The van der Waals surface area contributed by atoms with Gasteiger partial charge in [-0.15, -0.1) is 0 Å². The van der Waals surface area contributed by atoms with Crippen molar-refractivity contribution in [2.24, 2.45) is 5.73 Å². The minimum absolute atomic E-state index is 0.0192. The van der Waals surface area contributed by atoms with E-state index in [0.29, 0.717) is 29.5 Å². The van der Waals surface area contributed by atoms with E-state index >= 15 is 0 Å². The molecule has 1 aromatic heterocycles. The van der Waals surface area contributed by atoms with Crippen LogP contribution in [0.15, 0.2) is 91.1 Å². The number of benzene rings is 3. The van der Waals surface area contributed by atoms with Crippen molar-refractivity contribution >= 4 is 79.7 Å². The van der Waals surface area contributed by atoms with Gasteiger partial charge in [-0.1, -0.05) is 100 Å². The molecule has 74 heavy (non-hydrogen) atoms. The molecule has 0 aliphatic carbocycles. The van der Waals surface area contributed by atoms with Gasteiger partial charge < -0.3 is 68.6 Å². The second-order valence-electron chi connectivity index (χ2n) is 18.1. The lowest BCUT2D eigenvalue weighted by molar-refractivity contribution is -0.136. The first-order valence-corrected chi connectivity index (χ1v) is 26.9. The van der Waals surface area contributed by atoms with Crippen molar-refractivity contribution in [2.75, 3.05) is 24.7 Å². The van der Waals surface area contributed by atoms with Crippen molar-refractivity contribution < 1.29 is 53.7 Å². The number of aromatic amines is 1. The predicted molar refractivity (Wildman–Crippen MR) is 282 cm³/mol. The second kappa shape index (κ2) is 29.4. The number of aromatic nitrogens is 1. The van der Waals surface area contributed by atoms with Crippen LogP contribution < -0.4 is 48.3 Å². The highest BCUT2D eigenvalue weighted by Gasteiger charge is 2.37. The molecule has 0 spiro atoms. The molecule has 8 amide bonds. The van der Waals surface area contributed by atoms with E-state index in [0.717, 1.165) is 32.5 Å². The molecule has 4 aromatic rings. The van der Waals surface area contributed by atoms with Crippen LogP contribution in [0.1, 0.15) is 56.7 Å². The number of fused-ring (bicyclic) bond motifs is 1. The summed E-state index contributed by atoms with van der Waals surface area (Å²) in [4.78, 5) is 116. The van der Waals surface area contributed by atoms with Gasteiger partial charge in [0.2, 0.25) is 47.3 Å². The van der Waals surface area contributed by atoms with Crippen molar-refractivity contribution in [3.05, 3.63) is 108 Å². The van der Waals surface area contributed by atoms with Crippen molar-refractivity contribution in [2.45, 2.75) is 120 Å². The summed E-state index contributed by atoms with van der Waals surface area (Å²) in [6.45, 7) is 3.43. The molecule has 400 valence electrons. The maximum Gasteiger partial charge on any atom is 0.245 e. The monoisotopic (exact) mass is 1060 g/mol. The van der Waals surface area contributed by atoms with E-state index in [1.165, 1.54) is 20.8 Å². The van der Waals surface area contributed by atoms with Crippen LogP contribution in [0.2, 0.25) is 0 Å². The lowest BCUT2D eigenvalue weighted by Crippen LogP contribution is -2.62. The summed E-state index contributed by atoms with van der Waals surface area (Å²) in [7, 11) is 2.00. The molecule has 2 heterocycles. The number of nitrogens with one attached hydrogen (secondary N) is 9. The lowest BCUT2D eigenvalue weighted by atomic mass is 10.0. The highest BCUT2D eigenvalue weighted by atomic mass is 33.1. The molecule has 0 bridgehead atoms. The number of carbonyl (C=O) groups excluding carboxylic acids is 8. The summed E-state index contributed by atoms with van der Waals surface area (Å²) in [6.07, 6.45) is -0.381. The van der Waals surface area contributed by atoms with E-state index in [4.69, 9.17) is 5.73 Å². The quantitative estimate of drug-likeness (QED) is 0.0436. The van der Waals surface area contributed by atoms with Gasteiger partial charge in [0.25, 0.3) is 0 Å². The standard InChI is InChI=1S/C51H68N10O11S2/c1-29(63)41(26-62)58-50(71)43-28-74-73-27-42(59-46(67)38(54-31(3)65)22-32-14-6-4-7-15-32)49(70)56-39(23-33-16-8-5-9-17-33)47(68)57-40(24-34-25-53-36-19-11-10-18-35(34)36)48(69)55-37(20-12-13-21-52)45(66)61-44(30(2)64)51(72)60-43/h4-11,14-19,25,29-30,37-44,53,62-64H,12-13,20-24,26-28,52H2,1-3H3,(H,54,65)(H,55,69)(H,56,70)(H,57,68)(H,58,71)(H,59,67)(H,60,72)(H,61,66). The third-order valence-corrected chi connectivity index (χ3v) is 14.6. The first-order valence-electron chi connectivity index (χ1n) is 24.4. The topological polar surface area (TPSA) is 335 Å². The first-order chi connectivity index (χ1) is 35.5. The zero-order valence-corrected chi connectivity index (χ0v) is 43.1. The normalized spacial score (nSPS) is 22.3. The maximum atomic E-state index is 14.8. The summed E-state index contributed by atoms with van der Waals surface area (Å²) in [5, 5.41) is 53.2. The summed E-state index contributed by atoms with van der Waals surface area (Å²) < 4.78 is 0. The second-order valence-corrected chi connectivity index (χ2v) is 20.7. The zero-order chi connectivity index (χ0) is 53.7. The molecule has 10 atom stereocenters. The van der Waals surface area contributed by atoms with Gasteiger partial charge in [0.1, 0.15) is 42.3 Å². The maximum absolute atomic E-state index is 14.8. The SMILES string of the molecule is CC(=O)NC(Cc1ccccc1)C(=O)NC1CSSCC(C(=O)NC(CO)C(C)O)NC(=O)C(C(C)O)NC(=O)C(CCCCN)NC(=O)C(Cc2c[nH]c3ccccc23)NC(=O)C(Cc2ccccc2)NC1=O. The summed E-state index contributed by atoms with van der Waals surface area (Å²) >= 11 is 0. The van der Waals surface area contributed by atoms with E-state index in [9.17, 15) is 53.7 Å². The Kier molecular flexibility index (Phi) is 23.2. The molecule has 14 N–H and O–H groups in total. The number of unbranched alkanes of at least 4 members (excludes halogenated alkanes) is 1. The van der Waals surface area contributed by atoms with Crippen LogP contribution in [0.3, 0.4) is 0 Å². The van der Waals surface area contributed by atoms with E-state index in [1.54, 1.807) is 66.9 Å². The van der Waals surface area contributed by atoms with Gasteiger partial charge in [-0.05, 0) is 62.4 Å². The van der Waals surface area contributed by atoms with Gasteiger partial charge >= 0.3 is 0 Å². The highest BCUT2D eigenvalue weighted by molar-refractivity contribution is 8.76. The molecule has 1 aliphatic rings. The van der Waals surface area contributed by atoms with E-state index < -0.39 is 114 Å². The summed E-state index contributed by atoms with van der Waals surface area (Å²) in [6, 6.07) is 14.1. The molecule has 10 unspecified atom stereocenters. The Morgan fingerprint density at radius 2 is 1.30 bits per heavy atom. The van der Waals surface area contributed by atoms with Gasteiger partial charge in [-0.2, -0.15) is 0 Å².